The van der Waals surface area contributed by atoms with Gasteiger partial charge in [-0.05, 0) is 12.2 Å². The normalized spacial score (nSPS) is 10.9. The van der Waals surface area contributed by atoms with Gasteiger partial charge in [-0.1, -0.05) is 7.43 Å². The Bertz CT molecular complexity index is 101. The Kier molecular flexibility index (Phi) is 11.5. The number of nitrogens with one attached hydrogen (secondary N) is 1. The first-order chi connectivity index (χ1) is 4.00. The third-order valence-corrected chi connectivity index (χ3v) is 0.490. The molecule has 2 heteroatoms. The van der Waals surface area contributed by atoms with Crippen LogP contribution in [-0.4, -0.2) is 0 Å². The highest BCUT2D eigenvalue weighted by Crippen LogP contribution is 1.80. The summed E-state index contributed by atoms with van der Waals surface area (Å²) in [6.07, 6.45) is 14.9. The standard InChI is InChI=1S/C4H5NO.C2H2.CH4/c1-2-4-6-5-3-1;1-2;/h1-5H;1-2H;1H4. The van der Waals surface area contributed by atoms with E-state index in [1.165, 1.54) is 0 Å². The zero-order chi connectivity index (χ0) is 6.24. The summed E-state index contributed by atoms with van der Waals surface area (Å²) in [6.45, 7) is 0. The van der Waals surface area contributed by atoms with Crippen molar-refractivity contribution in [2.75, 3.05) is 0 Å². The van der Waals surface area contributed by atoms with E-state index < -0.39 is 0 Å². The topological polar surface area (TPSA) is 21.3 Å². The van der Waals surface area contributed by atoms with Gasteiger partial charge >= 0.3 is 0 Å². The molecular weight excluding hydrogens is 114 g/mol. The third-order valence-electron chi connectivity index (χ3n) is 0.490. The van der Waals surface area contributed by atoms with Gasteiger partial charge in [0.1, 0.15) is 6.26 Å². The van der Waals surface area contributed by atoms with E-state index in [0.29, 0.717) is 0 Å². The molecule has 0 saturated heterocycles. The molecule has 0 aromatic heterocycles. The van der Waals surface area contributed by atoms with Gasteiger partial charge in [0, 0.05) is 6.20 Å². The van der Waals surface area contributed by atoms with Crippen LogP contribution in [0.2, 0.25) is 0 Å². The van der Waals surface area contributed by atoms with E-state index in [1.54, 1.807) is 18.5 Å². The Morgan fingerprint density at radius 1 is 1.22 bits per heavy atom. The van der Waals surface area contributed by atoms with Gasteiger partial charge in [0.2, 0.25) is 0 Å². The Morgan fingerprint density at radius 3 is 2.00 bits per heavy atom. The van der Waals surface area contributed by atoms with E-state index in [2.05, 4.69) is 23.2 Å². The van der Waals surface area contributed by atoms with Crippen LogP contribution < -0.4 is 5.48 Å². The average molecular weight is 125 g/mol. The van der Waals surface area contributed by atoms with Gasteiger partial charge in [0.15, 0.2) is 0 Å². The van der Waals surface area contributed by atoms with Gasteiger partial charge in [-0.15, -0.1) is 12.8 Å². The van der Waals surface area contributed by atoms with Gasteiger partial charge in [-0.2, -0.15) is 0 Å². The molecule has 0 aliphatic carbocycles. The van der Waals surface area contributed by atoms with Crippen LogP contribution in [-0.2, 0) is 4.84 Å². The number of terminal acetylenes is 1. The Hall–Kier alpha value is -1.36. The van der Waals surface area contributed by atoms with Crippen LogP contribution in [0.15, 0.2) is 24.6 Å². The van der Waals surface area contributed by atoms with E-state index in [-0.39, 0.29) is 7.43 Å². The largest absolute Gasteiger partial charge is 0.391 e. The third kappa shape index (κ3) is 6.64. The van der Waals surface area contributed by atoms with Gasteiger partial charge in [-0.3, -0.25) is 0 Å². The maximum absolute atomic E-state index is 4.55. The summed E-state index contributed by atoms with van der Waals surface area (Å²) >= 11 is 0. The molecule has 50 valence electrons. The van der Waals surface area contributed by atoms with E-state index in [9.17, 15) is 0 Å². The van der Waals surface area contributed by atoms with Crippen LogP contribution in [0.5, 0.6) is 0 Å². The molecule has 1 aliphatic rings. The Balaban J connectivity index is 0. The van der Waals surface area contributed by atoms with Crippen LogP contribution in [0.1, 0.15) is 7.43 Å². The van der Waals surface area contributed by atoms with E-state index >= 15 is 0 Å². The minimum Gasteiger partial charge on any atom is -0.391 e. The molecule has 0 saturated carbocycles. The zero-order valence-corrected chi connectivity index (χ0v) is 4.37. The summed E-state index contributed by atoms with van der Waals surface area (Å²) in [6, 6.07) is 0. The molecule has 0 atom stereocenters. The molecular formula is C7H11NO. The van der Waals surface area contributed by atoms with Crippen molar-refractivity contribution in [2.24, 2.45) is 0 Å². The molecule has 0 spiro atoms. The lowest BCUT2D eigenvalue weighted by atomic mass is 10.6. The van der Waals surface area contributed by atoms with Gasteiger partial charge in [0.05, 0.1) is 0 Å². The predicted molar refractivity (Wildman–Crippen MR) is 39.1 cm³/mol. The van der Waals surface area contributed by atoms with Crippen molar-refractivity contribution in [2.45, 2.75) is 7.43 Å². The quantitative estimate of drug-likeness (QED) is 0.494. The van der Waals surface area contributed by atoms with E-state index in [4.69, 9.17) is 0 Å². The fourth-order valence-corrected chi connectivity index (χ4v) is 0.258. The van der Waals surface area contributed by atoms with Crippen molar-refractivity contribution in [3.05, 3.63) is 24.6 Å². The van der Waals surface area contributed by atoms with Crippen LogP contribution in [0.25, 0.3) is 0 Å². The van der Waals surface area contributed by atoms with Crippen LogP contribution >= 0.6 is 0 Å². The highest BCUT2D eigenvalue weighted by Gasteiger charge is 1.72. The maximum atomic E-state index is 4.55. The fourth-order valence-electron chi connectivity index (χ4n) is 0.258. The van der Waals surface area contributed by atoms with Crippen LogP contribution in [0.3, 0.4) is 0 Å². The van der Waals surface area contributed by atoms with Gasteiger partial charge < -0.3 is 4.84 Å². The molecule has 0 unspecified atom stereocenters. The predicted octanol–water partition coefficient (Wildman–Crippen LogP) is 1.43. The molecule has 1 rings (SSSR count). The first-order valence-electron chi connectivity index (χ1n) is 2.06. The summed E-state index contributed by atoms with van der Waals surface area (Å²) in [5, 5.41) is 0. The molecule has 1 heterocycles. The molecule has 2 nitrogen and oxygen atoms in total. The molecule has 0 radical (unpaired) electrons. The van der Waals surface area contributed by atoms with Crippen molar-refractivity contribution in [3.8, 4) is 12.8 Å². The molecule has 0 bridgehead atoms. The lowest BCUT2D eigenvalue weighted by Crippen LogP contribution is -2.01. The second kappa shape index (κ2) is 9.81. The smallest absolute Gasteiger partial charge is 0.119 e. The SMILES string of the molecule is C.C#C.C1=CNOC=C1. The van der Waals surface area contributed by atoms with Crippen molar-refractivity contribution >= 4 is 0 Å². The summed E-state index contributed by atoms with van der Waals surface area (Å²) in [5.41, 5.74) is 2.52. The van der Waals surface area contributed by atoms with Crippen molar-refractivity contribution in [1.29, 1.82) is 0 Å². The van der Waals surface area contributed by atoms with Crippen molar-refractivity contribution in [1.82, 2.24) is 5.48 Å². The Labute approximate surface area is 56.2 Å². The summed E-state index contributed by atoms with van der Waals surface area (Å²) < 4.78 is 0. The lowest BCUT2D eigenvalue weighted by Gasteiger charge is -1.97. The second-order valence-electron chi connectivity index (χ2n) is 0.923. The number of rotatable bonds is 0. The highest BCUT2D eigenvalue weighted by atomic mass is 16.6. The van der Waals surface area contributed by atoms with Crippen molar-refractivity contribution < 1.29 is 4.84 Å². The number of hydrogen-bond acceptors (Lipinski definition) is 2. The minimum absolute atomic E-state index is 0. The molecule has 0 amide bonds. The fraction of sp³-hybridized carbons (Fsp3) is 0.143. The molecule has 9 heavy (non-hydrogen) atoms. The first kappa shape index (κ1) is 10.6. The first-order valence-corrected chi connectivity index (χ1v) is 2.06. The molecule has 1 N–H and O–H groups in total. The molecule has 1 aliphatic heterocycles. The van der Waals surface area contributed by atoms with Crippen LogP contribution in [0, 0.1) is 12.8 Å². The second-order valence-corrected chi connectivity index (χ2v) is 0.923. The summed E-state index contributed by atoms with van der Waals surface area (Å²) in [7, 11) is 0. The lowest BCUT2D eigenvalue weighted by molar-refractivity contribution is 0.172. The van der Waals surface area contributed by atoms with E-state index in [1.807, 2.05) is 6.08 Å². The summed E-state index contributed by atoms with van der Waals surface area (Å²) in [5.74, 6) is 0. The number of hydrogen-bond donors (Lipinski definition) is 1. The minimum atomic E-state index is 0. The molecule has 0 aromatic carbocycles. The highest BCUT2D eigenvalue weighted by molar-refractivity contribution is 5.00. The maximum Gasteiger partial charge on any atom is 0.119 e. The summed E-state index contributed by atoms with van der Waals surface area (Å²) in [4.78, 5) is 4.55. The Morgan fingerprint density at radius 2 is 1.89 bits per heavy atom. The average Bonchev–Trinajstić information content (AvgIpc) is 1.96. The molecule has 0 fully saturated rings. The number of allylic oxidation sites excluding steroid dienone is 2. The zero-order valence-electron chi connectivity index (χ0n) is 4.37. The number of hydroxylamine groups is 1. The molecule has 0 aromatic rings. The van der Waals surface area contributed by atoms with Crippen LogP contribution in [0.4, 0.5) is 0 Å². The van der Waals surface area contributed by atoms with Gasteiger partial charge in [0.25, 0.3) is 0 Å². The monoisotopic (exact) mass is 125 g/mol. The van der Waals surface area contributed by atoms with Gasteiger partial charge in [-0.25, -0.2) is 5.48 Å². The van der Waals surface area contributed by atoms with E-state index in [0.717, 1.165) is 0 Å². The van der Waals surface area contributed by atoms with Crippen molar-refractivity contribution in [3.63, 3.8) is 0 Å².